The van der Waals surface area contributed by atoms with E-state index in [1.165, 1.54) is 32.4 Å². The predicted octanol–water partition coefficient (Wildman–Crippen LogP) is 2.89. The van der Waals surface area contributed by atoms with Gasteiger partial charge in [-0.25, -0.2) is 0 Å². The Morgan fingerprint density at radius 3 is 2.25 bits per heavy atom. The van der Waals surface area contributed by atoms with Crippen LogP contribution in [0.15, 0.2) is 0 Å². The van der Waals surface area contributed by atoms with E-state index in [1.807, 2.05) is 0 Å². The van der Waals surface area contributed by atoms with E-state index in [2.05, 4.69) is 44.8 Å². The minimum Gasteiger partial charge on any atom is -0.311 e. The van der Waals surface area contributed by atoms with E-state index in [0.29, 0.717) is 6.04 Å². The second-order valence-corrected chi connectivity index (χ2v) is 6.22. The molecule has 1 N–H and O–H groups in total. The quantitative estimate of drug-likeness (QED) is 0.718. The highest BCUT2D eigenvalue weighted by atomic mass is 15.2. The molecule has 2 heteroatoms. The second kappa shape index (κ2) is 6.02. The van der Waals surface area contributed by atoms with Crippen LogP contribution in [0.3, 0.4) is 0 Å². The molecule has 1 aliphatic carbocycles. The number of hydrogen-bond acceptors (Lipinski definition) is 2. The van der Waals surface area contributed by atoms with Gasteiger partial charge in [0.05, 0.1) is 0 Å². The fraction of sp³-hybridized carbons (Fsp3) is 1.00. The smallest absolute Gasteiger partial charge is 0.0218 e. The van der Waals surface area contributed by atoms with E-state index >= 15 is 0 Å². The van der Waals surface area contributed by atoms with E-state index in [-0.39, 0.29) is 5.54 Å². The van der Waals surface area contributed by atoms with Crippen LogP contribution in [0.1, 0.15) is 53.9 Å². The van der Waals surface area contributed by atoms with Crippen LogP contribution >= 0.6 is 0 Å². The zero-order chi connectivity index (χ0) is 12.2. The molecular weight excluding hydrogens is 196 g/mol. The van der Waals surface area contributed by atoms with E-state index in [9.17, 15) is 0 Å². The summed E-state index contributed by atoms with van der Waals surface area (Å²) in [7, 11) is 0. The Balaban J connectivity index is 2.36. The van der Waals surface area contributed by atoms with Gasteiger partial charge in [-0.3, -0.25) is 4.90 Å². The lowest BCUT2D eigenvalue weighted by atomic mass is 10.1. The monoisotopic (exact) mass is 226 g/mol. The molecule has 0 radical (unpaired) electrons. The molecule has 0 spiro atoms. The zero-order valence-corrected chi connectivity index (χ0v) is 11.8. The number of nitrogens with zero attached hydrogens (tertiary/aromatic N) is 1. The predicted molar refractivity (Wildman–Crippen MR) is 71.8 cm³/mol. The summed E-state index contributed by atoms with van der Waals surface area (Å²) in [6, 6.07) is 0.713. The molecule has 96 valence electrons. The molecule has 2 nitrogen and oxygen atoms in total. The molecule has 1 atom stereocenters. The first-order valence-corrected chi connectivity index (χ1v) is 6.95. The van der Waals surface area contributed by atoms with Crippen LogP contribution < -0.4 is 5.32 Å². The van der Waals surface area contributed by atoms with Gasteiger partial charge in [-0.15, -0.1) is 0 Å². The maximum Gasteiger partial charge on any atom is 0.0218 e. The molecule has 16 heavy (non-hydrogen) atoms. The van der Waals surface area contributed by atoms with E-state index < -0.39 is 0 Å². The Morgan fingerprint density at radius 1 is 1.25 bits per heavy atom. The lowest BCUT2D eigenvalue weighted by Crippen LogP contribution is -2.48. The van der Waals surface area contributed by atoms with Crippen molar-refractivity contribution in [1.82, 2.24) is 10.2 Å². The third kappa shape index (κ3) is 5.31. The van der Waals surface area contributed by atoms with Crippen molar-refractivity contribution in [1.29, 1.82) is 0 Å². The fourth-order valence-corrected chi connectivity index (χ4v) is 2.12. The van der Waals surface area contributed by atoms with Crippen molar-refractivity contribution in [2.75, 3.05) is 19.6 Å². The molecule has 0 bridgehead atoms. The molecule has 1 unspecified atom stereocenters. The van der Waals surface area contributed by atoms with Crippen molar-refractivity contribution in [3.8, 4) is 0 Å². The summed E-state index contributed by atoms with van der Waals surface area (Å²) in [5.74, 6) is 1.00. The van der Waals surface area contributed by atoms with Gasteiger partial charge in [-0.2, -0.15) is 0 Å². The normalized spacial score (nSPS) is 19.1. The van der Waals surface area contributed by atoms with Crippen molar-refractivity contribution in [3.63, 3.8) is 0 Å². The summed E-state index contributed by atoms with van der Waals surface area (Å²) < 4.78 is 0. The summed E-state index contributed by atoms with van der Waals surface area (Å²) in [6.45, 7) is 15.0. The maximum absolute atomic E-state index is 3.64. The first kappa shape index (κ1) is 14.0. The molecule has 0 aromatic rings. The second-order valence-electron chi connectivity index (χ2n) is 6.22. The van der Waals surface area contributed by atoms with Crippen molar-refractivity contribution in [3.05, 3.63) is 0 Å². The number of hydrogen-bond donors (Lipinski definition) is 1. The molecule has 1 saturated carbocycles. The molecular formula is C14H30N2. The average Bonchev–Trinajstić information content (AvgIpc) is 2.99. The van der Waals surface area contributed by atoms with Gasteiger partial charge in [0, 0.05) is 24.7 Å². The SMILES string of the molecule is CCC(CNC(C)(C)C)N(CC)CC1CC1. The molecule has 0 aliphatic heterocycles. The van der Waals surface area contributed by atoms with Gasteiger partial charge in [-0.05, 0) is 52.5 Å². The molecule has 0 heterocycles. The summed E-state index contributed by atoms with van der Waals surface area (Å²) in [5, 5.41) is 3.64. The van der Waals surface area contributed by atoms with Gasteiger partial charge < -0.3 is 5.32 Å². The highest BCUT2D eigenvalue weighted by molar-refractivity contribution is 4.83. The Bertz CT molecular complexity index is 191. The minimum absolute atomic E-state index is 0.242. The maximum atomic E-state index is 3.64. The Morgan fingerprint density at radius 2 is 1.88 bits per heavy atom. The zero-order valence-electron chi connectivity index (χ0n) is 11.8. The third-order valence-electron chi connectivity index (χ3n) is 3.45. The van der Waals surface area contributed by atoms with Crippen LogP contribution in [0, 0.1) is 5.92 Å². The molecule has 1 fully saturated rings. The number of nitrogens with one attached hydrogen (secondary N) is 1. The summed E-state index contributed by atoms with van der Waals surface area (Å²) in [4.78, 5) is 2.66. The van der Waals surface area contributed by atoms with E-state index in [0.717, 1.165) is 12.5 Å². The third-order valence-corrected chi connectivity index (χ3v) is 3.45. The molecule has 0 aromatic carbocycles. The first-order valence-electron chi connectivity index (χ1n) is 6.95. The van der Waals surface area contributed by atoms with Crippen LogP contribution in [0.25, 0.3) is 0 Å². The first-order chi connectivity index (χ1) is 7.46. The number of rotatable bonds is 7. The summed E-state index contributed by atoms with van der Waals surface area (Å²) in [6.07, 6.45) is 4.17. The molecule has 0 saturated heterocycles. The van der Waals surface area contributed by atoms with Crippen molar-refractivity contribution in [2.24, 2.45) is 5.92 Å². The van der Waals surface area contributed by atoms with Gasteiger partial charge in [-0.1, -0.05) is 13.8 Å². The Labute approximate surface area is 102 Å². The fourth-order valence-electron chi connectivity index (χ4n) is 2.12. The van der Waals surface area contributed by atoms with Crippen molar-refractivity contribution >= 4 is 0 Å². The van der Waals surface area contributed by atoms with Crippen LogP contribution in [0.5, 0.6) is 0 Å². The highest BCUT2D eigenvalue weighted by Crippen LogP contribution is 2.30. The van der Waals surface area contributed by atoms with Crippen LogP contribution in [-0.4, -0.2) is 36.1 Å². The van der Waals surface area contributed by atoms with Gasteiger partial charge in [0.25, 0.3) is 0 Å². The Hall–Kier alpha value is -0.0800. The molecule has 0 amide bonds. The summed E-state index contributed by atoms with van der Waals surface area (Å²) in [5.41, 5.74) is 0.242. The lowest BCUT2D eigenvalue weighted by molar-refractivity contribution is 0.179. The summed E-state index contributed by atoms with van der Waals surface area (Å²) >= 11 is 0. The van der Waals surface area contributed by atoms with Gasteiger partial charge in [0.15, 0.2) is 0 Å². The van der Waals surface area contributed by atoms with E-state index in [4.69, 9.17) is 0 Å². The minimum atomic E-state index is 0.242. The van der Waals surface area contributed by atoms with Crippen LogP contribution in [-0.2, 0) is 0 Å². The van der Waals surface area contributed by atoms with Crippen molar-refractivity contribution in [2.45, 2.75) is 65.5 Å². The number of likely N-dealkylation sites (N-methyl/N-ethyl adjacent to an activating group) is 1. The standard InChI is InChI=1S/C14H30N2/c1-6-13(10-15-14(3,4)5)16(7-2)11-12-8-9-12/h12-13,15H,6-11H2,1-5H3. The van der Waals surface area contributed by atoms with Gasteiger partial charge in [0.1, 0.15) is 0 Å². The molecule has 1 aliphatic rings. The lowest BCUT2D eigenvalue weighted by Gasteiger charge is -2.33. The Kier molecular flexibility index (Phi) is 5.26. The van der Waals surface area contributed by atoms with E-state index in [1.54, 1.807) is 0 Å². The van der Waals surface area contributed by atoms with Crippen molar-refractivity contribution < 1.29 is 0 Å². The highest BCUT2D eigenvalue weighted by Gasteiger charge is 2.27. The molecule has 1 rings (SSSR count). The van der Waals surface area contributed by atoms with Gasteiger partial charge >= 0.3 is 0 Å². The van der Waals surface area contributed by atoms with Crippen LogP contribution in [0.4, 0.5) is 0 Å². The van der Waals surface area contributed by atoms with Crippen LogP contribution in [0.2, 0.25) is 0 Å². The largest absolute Gasteiger partial charge is 0.311 e. The van der Waals surface area contributed by atoms with Gasteiger partial charge in [0.2, 0.25) is 0 Å². The molecule has 0 aromatic heterocycles. The average molecular weight is 226 g/mol. The topological polar surface area (TPSA) is 15.3 Å².